The predicted molar refractivity (Wildman–Crippen MR) is 127 cm³/mol. The normalized spacial score (nSPS) is 10.9. The monoisotopic (exact) mass is 446 g/mol. The van der Waals surface area contributed by atoms with E-state index in [0.29, 0.717) is 40.5 Å². The molecule has 0 spiro atoms. The van der Waals surface area contributed by atoms with E-state index in [2.05, 4.69) is 10.4 Å². The van der Waals surface area contributed by atoms with Crippen LogP contribution in [-0.4, -0.2) is 34.3 Å². The van der Waals surface area contributed by atoms with Crippen LogP contribution in [0.5, 0.6) is 11.5 Å². The summed E-state index contributed by atoms with van der Waals surface area (Å²) >= 11 is 0. The number of aromatic nitrogens is 3. The zero-order chi connectivity index (χ0) is 23.5. The topological polar surface area (TPSA) is 86.9 Å². The number of carbonyl (C=O) groups is 1. The van der Waals surface area contributed by atoms with Gasteiger partial charge in [-0.2, -0.15) is 9.61 Å². The average Bonchev–Trinajstić information content (AvgIpc) is 3.29. The number of fused-ring (bicyclic) bond motifs is 1. The van der Waals surface area contributed by atoms with Crippen molar-refractivity contribution in [1.82, 2.24) is 14.2 Å². The number of ether oxygens (including phenoxy) is 2. The van der Waals surface area contributed by atoms with Crippen LogP contribution in [0.2, 0.25) is 0 Å². The molecule has 2 aromatic heterocycles. The van der Waals surface area contributed by atoms with Gasteiger partial charge in [0.25, 0.3) is 5.56 Å². The molecule has 2 aromatic carbocycles. The third kappa shape index (κ3) is 4.32. The van der Waals surface area contributed by atoms with Crippen LogP contribution in [0.3, 0.4) is 0 Å². The summed E-state index contributed by atoms with van der Waals surface area (Å²) < 4.78 is 13.9. The van der Waals surface area contributed by atoms with Crippen LogP contribution in [0.4, 0.5) is 5.69 Å². The lowest BCUT2D eigenvalue weighted by atomic mass is 10.1. The molecule has 0 aliphatic carbocycles. The molecule has 1 amide bonds. The fourth-order valence-electron chi connectivity index (χ4n) is 3.83. The van der Waals surface area contributed by atoms with Crippen LogP contribution in [-0.2, 0) is 18.3 Å². The van der Waals surface area contributed by atoms with Crippen molar-refractivity contribution in [3.05, 3.63) is 76.2 Å². The highest BCUT2D eigenvalue weighted by Crippen LogP contribution is 2.25. The van der Waals surface area contributed by atoms with Crippen molar-refractivity contribution in [2.45, 2.75) is 19.8 Å². The summed E-state index contributed by atoms with van der Waals surface area (Å²) in [6.07, 6.45) is 0.452. The maximum atomic E-state index is 13.3. The Kier molecular flexibility index (Phi) is 6.17. The van der Waals surface area contributed by atoms with Crippen LogP contribution in [0.15, 0.2) is 59.4 Å². The molecule has 0 aliphatic rings. The van der Waals surface area contributed by atoms with Crippen LogP contribution in [0, 0.1) is 6.92 Å². The Labute approximate surface area is 191 Å². The second-order valence-corrected chi connectivity index (χ2v) is 7.71. The van der Waals surface area contributed by atoms with Gasteiger partial charge in [0.05, 0.1) is 25.6 Å². The fraction of sp³-hybridized carbons (Fsp3) is 0.240. The molecule has 170 valence electrons. The zero-order valence-corrected chi connectivity index (χ0v) is 19.1. The minimum Gasteiger partial charge on any atom is -0.497 e. The zero-order valence-electron chi connectivity index (χ0n) is 19.1. The molecule has 0 bridgehead atoms. The van der Waals surface area contributed by atoms with E-state index in [9.17, 15) is 9.59 Å². The molecule has 4 aromatic rings. The lowest BCUT2D eigenvalue weighted by molar-refractivity contribution is -0.116. The van der Waals surface area contributed by atoms with Crippen molar-refractivity contribution in [2.75, 3.05) is 19.5 Å². The quantitative estimate of drug-likeness (QED) is 0.469. The van der Waals surface area contributed by atoms with Gasteiger partial charge < -0.3 is 19.4 Å². The Morgan fingerprint density at radius 1 is 1.06 bits per heavy atom. The van der Waals surface area contributed by atoms with E-state index in [1.165, 1.54) is 4.52 Å². The maximum absolute atomic E-state index is 13.3. The Balaban J connectivity index is 1.62. The number of nitrogens with zero attached hydrogens (tertiary/aromatic N) is 3. The Morgan fingerprint density at radius 3 is 2.61 bits per heavy atom. The first-order chi connectivity index (χ1) is 15.9. The molecular formula is C25H26N4O4. The summed E-state index contributed by atoms with van der Waals surface area (Å²) in [6.45, 7) is 1.88. The number of nitrogens with one attached hydrogen (secondary N) is 1. The highest BCUT2D eigenvalue weighted by Gasteiger charge is 2.17. The van der Waals surface area contributed by atoms with E-state index in [1.807, 2.05) is 61.0 Å². The molecule has 8 heteroatoms. The molecule has 0 radical (unpaired) electrons. The highest BCUT2D eigenvalue weighted by atomic mass is 16.5. The minimum atomic E-state index is -0.222. The molecular weight excluding hydrogens is 420 g/mol. The van der Waals surface area contributed by atoms with E-state index in [4.69, 9.17) is 9.47 Å². The smallest absolute Gasteiger partial charge is 0.277 e. The molecule has 0 aliphatic heterocycles. The highest BCUT2D eigenvalue weighted by molar-refractivity contribution is 5.92. The molecule has 1 N–H and O–H groups in total. The lowest BCUT2D eigenvalue weighted by Crippen LogP contribution is -2.26. The van der Waals surface area contributed by atoms with Crippen LogP contribution >= 0.6 is 0 Å². The summed E-state index contributed by atoms with van der Waals surface area (Å²) in [4.78, 5) is 25.8. The number of amides is 1. The molecule has 0 saturated heterocycles. The van der Waals surface area contributed by atoms with Crippen molar-refractivity contribution >= 4 is 17.2 Å². The van der Waals surface area contributed by atoms with Crippen molar-refractivity contribution < 1.29 is 14.3 Å². The molecule has 0 saturated carbocycles. The molecule has 8 nitrogen and oxygen atoms in total. The van der Waals surface area contributed by atoms with E-state index in [0.717, 1.165) is 11.3 Å². The molecule has 0 fully saturated rings. The number of hydrogen-bond donors (Lipinski definition) is 1. The number of carbonyl (C=O) groups excluding carboxylic acids is 1. The number of anilines is 1. The van der Waals surface area contributed by atoms with Gasteiger partial charge in [-0.3, -0.25) is 9.59 Å². The molecule has 4 rings (SSSR count). The number of rotatable bonds is 7. The number of hydrogen-bond acceptors (Lipinski definition) is 5. The number of para-hydroxylation sites is 2. The third-order valence-corrected chi connectivity index (χ3v) is 5.77. The Morgan fingerprint density at radius 2 is 1.85 bits per heavy atom. The van der Waals surface area contributed by atoms with Crippen molar-refractivity contribution in [3.8, 4) is 22.8 Å². The van der Waals surface area contributed by atoms with Gasteiger partial charge in [-0.05, 0) is 37.6 Å². The molecule has 0 atom stereocenters. The van der Waals surface area contributed by atoms with Crippen LogP contribution in [0.1, 0.15) is 17.7 Å². The predicted octanol–water partition coefficient (Wildman–Crippen LogP) is 3.60. The maximum Gasteiger partial charge on any atom is 0.277 e. The second-order valence-electron chi connectivity index (χ2n) is 7.71. The van der Waals surface area contributed by atoms with Crippen molar-refractivity contribution in [3.63, 3.8) is 0 Å². The summed E-state index contributed by atoms with van der Waals surface area (Å²) in [6, 6.07) is 16.6. The Hall–Kier alpha value is -4.07. The van der Waals surface area contributed by atoms with Crippen LogP contribution < -0.4 is 20.3 Å². The first-order valence-electron chi connectivity index (χ1n) is 10.6. The van der Waals surface area contributed by atoms with E-state index < -0.39 is 0 Å². The first-order valence-corrected chi connectivity index (χ1v) is 10.6. The van der Waals surface area contributed by atoms with Crippen molar-refractivity contribution in [1.29, 1.82) is 0 Å². The molecule has 33 heavy (non-hydrogen) atoms. The van der Waals surface area contributed by atoms with E-state index in [1.54, 1.807) is 26.4 Å². The summed E-state index contributed by atoms with van der Waals surface area (Å²) in [5.41, 5.74) is 3.94. The standard InChI is InChI=1S/C25H26N4O4/c1-16-19(12-13-23(30)26-20-10-5-6-11-22(20)33-4)25(31)29-24(28(16)2)15-21(27-29)17-8-7-9-18(14-17)32-3/h5-11,14-15H,12-13H2,1-4H3,(H,26,30). The number of benzene rings is 2. The van der Waals surface area contributed by atoms with Gasteiger partial charge in [-0.15, -0.1) is 0 Å². The summed E-state index contributed by atoms with van der Waals surface area (Å²) in [5.74, 6) is 1.11. The SMILES string of the molecule is COc1cccc(-c2cc3n(C)c(C)c(CCC(=O)Nc4ccccc4OC)c(=O)n3n2)c1. The minimum absolute atomic E-state index is 0.156. The van der Waals surface area contributed by atoms with Gasteiger partial charge in [0.1, 0.15) is 17.1 Å². The Bertz CT molecular complexity index is 1390. The lowest BCUT2D eigenvalue weighted by Gasteiger charge is -2.13. The fourth-order valence-corrected chi connectivity index (χ4v) is 3.83. The van der Waals surface area contributed by atoms with Gasteiger partial charge in [0.15, 0.2) is 0 Å². The van der Waals surface area contributed by atoms with Gasteiger partial charge in [-0.1, -0.05) is 24.3 Å². The van der Waals surface area contributed by atoms with Crippen molar-refractivity contribution in [2.24, 2.45) is 7.05 Å². The number of methoxy groups -OCH3 is 2. The van der Waals surface area contributed by atoms with E-state index >= 15 is 0 Å². The second kappa shape index (κ2) is 9.20. The largest absolute Gasteiger partial charge is 0.497 e. The first kappa shape index (κ1) is 22.1. The molecule has 0 unspecified atom stereocenters. The van der Waals surface area contributed by atoms with Gasteiger partial charge in [-0.25, -0.2) is 0 Å². The third-order valence-electron chi connectivity index (χ3n) is 5.77. The van der Waals surface area contributed by atoms with Gasteiger partial charge in [0, 0.05) is 36.4 Å². The molecule has 2 heterocycles. The number of aryl methyl sites for hydroxylation is 1. The van der Waals surface area contributed by atoms with Crippen LogP contribution in [0.25, 0.3) is 16.9 Å². The van der Waals surface area contributed by atoms with Gasteiger partial charge in [0.2, 0.25) is 5.91 Å². The van der Waals surface area contributed by atoms with Gasteiger partial charge >= 0.3 is 0 Å². The average molecular weight is 447 g/mol. The summed E-state index contributed by atoms with van der Waals surface area (Å²) in [7, 11) is 5.05. The summed E-state index contributed by atoms with van der Waals surface area (Å²) in [5, 5.41) is 7.40. The van der Waals surface area contributed by atoms with E-state index in [-0.39, 0.29) is 17.9 Å².